The van der Waals surface area contributed by atoms with Crippen molar-refractivity contribution in [3.05, 3.63) is 0 Å². The summed E-state index contributed by atoms with van der Waals surface area (Å²) >= 11 is 0. The monoisotopic (exact) mass is 440 g/mol. The predicted octanol–water partition coefficient (Wildman–Crippen LogP) is -3.29. The number of amides is 1. The van der Waals surface area contributed by atoms with Crippen molar-refractivity contribution >= 4 is 5.91 Å². The van der Waals surface area contributed by atoms with Gasteiger partial charge >= 0.3 is 0 Å². The van der Waals surface area contributed by atoms with E-state index in [2.05, 4.69) is 5.32 Å². The van der Waals surface area contributed by atoms with Crippen LogP contribution in [0.5, 0.6) is 0 Å². The second-order valence-corrected chi connectivity index (χ2v) is 6.73. The lowest BCUT2D eigenvalue weighted by molar-refractivity contribution is -0.288. The molecule has 0 aromatic rings. The zero-order valence-electron chi connectivity index (χ0n) is 17.2. The standard InChI is InChI=1S/C18H36N2O10/c19-3-1-5-26-7-9-28-10-8-27-6-2-4-20-14(21)12-29-11-13-15(22)16(23)17(24)18(25)30-13/h13,15-18,22-25H,1-12,19H2,(H,20,21)/t13?,15-,16+,17?,18-/m1/s1. The molecule has 1 saturated heterocycles. The smallest absolute Gasteiger partial charge is 0.246 e. The molecule has 2 unspecified atom stereocenters. The number of carbonyl (C=O) groups excluding carboxylic acids is 1. The first kappa shape index (κ1) is 27.1. The van der Waals surface area contributed by atoms with Crippen molar-refractivity contribution in [2.45, 2.75) is 43.5 Å². The summed E-state index contributed by atoms with van der Waals surface area (Å²) in [4.78, 5) is 11.7. The van der Waals surface area contributed by atoms with Gasteiger partial charge in [0.15, 0.2) is 6.29 Å². The lowest BCUT2D eigenvalue weighted by atomic mass is 9.99. The van der Waals surface area contributed by atoms with Crippen LogP contribution in [0, 0.1) is 0 Å². The molecule has 30 heavy (non-hydrogen) atoms. The summed E-state index contributed by atoms with van der Waals surface area (Å²) in [5, 5.41) is 40.8. The third kappa shape index (κ3) is 11.5. The Kier molecular flexibility index (Phi) is 15.1. The zero-order chi connectivity index (χ0) is 22.2. The van der Waals surface area contributed by atoms with E-state index in [-0.39, 0.29) is 19.1 Å². The van der Waals surface area contributed by atoms with Crippen LogP contribution in [0.3, 0.4) is 0 Å². The highest BCUT2D eigenvalue weighted by molar-refractivity contribution is 5.77. The van der Waals surface area contributed by atoms with E-state index in [1.807, 2.05) is 0 Å². The Hall–Kier alpha value is -0.930. The molecule has 1 aliphatic rings. The van der Waals surface area contributed by atoms with Gasteiger partial charge in [-0.15, -0.1) is 0 Å². The summed E-state index contributed by atoms with van der Waals surface area (Å²) in [6.45, 7) is 3.59. The molecular weight excluding hydrogens is 404 g/mol. The maximum Gasteiger partial charge on any atom is 0.246 e. The summed E-state index contributed by atoms with van der Waals surface area (Å²) in [5.74, 6) is -0.362. The molecule has 0 bridgehead atoms. The van der Waals surface area contributed by atoms with E-state index in [1.165, 1.54) is 0 Å². The number of hydrogen-bond donors (Lipinski definition) is 6. The maximum absolute atomic E-state index is 11.7. The average Bonchev–Trinajstić information content (AvgIpc) is 2.73. The number of hydrogen-bond acceptors (Lipinski definition) is 11. The van der Waals surface area contributed by atoms with Crippen LogP contribution in [0.1, 0.15) is 12.8 Å². The first-order chi connectivity index (χ1) is 14.5. The highest BCUT2D eigenvalue weighted by Crippen LogP contribution is 2.19. The van der Waals surface area contributed by atoms with Crippen LogP contribution in [0.25, 0.3) is 0 Å². The molecule has 5 atom stereocenters. The van der Waals surface area contributed by atoms with Gasteiger partial charge in [0.25, 0.3) is 0 Å². The fourth-order valence-corrected chi connectivity index (χ4v) is 2.52. The number of aliphatic hydroxyl groups is 4. The minimum atomic E-state index is -1.63. The number of carbonyl (C=O) groups is 1. The molecule has 12 heteroatoms. The van der Waals surface area contributed by atoms with Crippen LogP contribution < -0.4 is 11.1 Å². The SMILES string of the molecule is NCCCOCCOCCOCCCNC(=O)COCC1O[C@@H](O)C(O)[C@@H](O)[C@@H]1O. The van der Waals surface area contributed by atoms with Gasteiger partial charge in [-0.25, -0.2) is 0 Å². The van der Waals surface area contributed by atoms with Gasteiger partial charge in [-0.3, -0.25) is 4.79 Å². The summed E-state index contributed by atoms with van der Waals surface area (Å²) in [7, 11) is 0. The molecule has 0 radical (unpaired) electrons. The van der Waals surface area contributed by atoms with Crippen LogP contribution in [0.15, 0.2) is 0 Å². The number of rotatable bonds is 17. The van der Waals surface area contributed by atoms with Crippen LogP contribution in [0.2, 0.25) is 0 Å². The van der Waals surface area contributed by atoms with Crippen molar-refractivity contribution in [3.8, 4) is 0 Å². The number of nitrogens with one attached hydrogen (secondary N) is 1. The third-order valence-electron chi connectivity index (χ3n) is 4.23. The van der Waals surface area contributed by atoms with Crippen molar-refractivity contribution in [2.24, 2.45) is 5.73 Å². The highest BCUT2D eigenvalue weighted by Gasteiger charge is 2.42. The highest BCUT2D eigenvalue weighted by atomic mass is 16.6. The van der Waals surface area contributed by atoms with Gasteiger partial charge in [0.1, 0.15) is 31.0 Å². The van der Waals surface area contributed by atoms with Gasteiger partial charge in [0.2, 0.25) is 5.91 Å². The lowest BCUT2D eigenvalue weighted by Gasteiger charge is -2.38. The Bertz CT molecular complexity index is 445. The number of ether oxygens (including phenoxy) is 5. The fraction of sp³-hybridized carbons (Fsp3) is 0.944. The van der Waals surface area contributed by atoms with E-state index in [0.29, 0.717) is 59.2 Å². The molecule has 1 heterocycles. The van der Waals surface area contributed by atoms with Gasteiger partial charge < -0.3 is 55.2 Å². The molecule has 7 N–H and O–H groups in total. The number of nitrogens with two attached hydrogens (primary N) is 1. The van der Waals surface area contributed by atoms with Crippen LogP contribution in [0.4, 0.5) is 0 Å². The molecule has 0 saturated carbocycles. The molecule has 0 aromatic heterocycles. The zero-order valence-corrected chi connectivity index (χ0v) is 17.2. The molecule has 178 valence electrons. The molecule has 1 rings (SSSR count). The summed E-state index contributed by atoms with van der Waals surface area (Å²) in [5.41, 5.74) is 5.35. The molecule has 0 aromatic carbocycles. The van der Waals surface area contributed by atoms with Crippen LogP contribution in [-0.4, -0.2) is 123 Å². The topological polar surface area (TPSA) is 182 Å². The Morgan fingerprint density at radius 2 is 1.43 bits per heavy atom. The minimum absolute atomic E-state index is 0.226. The van der Waals surface area contributed by atoms with Crippen molar-refractivity contribution in [1.82, 2.24) is 5.32 Å². The second kappa shape index (κ2) is 16.7. The number of aliphatic hydroxyl groups excluding tert-OH is 4. The lowest BCUT2D eigenvalue weighted by Crippen LogP contribution is -2.58. The van der Waals surface area contributed by atoms with Crippen molar-refractivity contribution < 1.29 is 48.9 Å². The van der Waals surface area contributed by atoms with E-state index in [9.17, 15) is 25.2 Å². The van der Waals surface area contributed by atoms with Crippen LogP contribution >= 0.6 is 0 Å². The molecule has 12 nitrogen and oxygen atoms in total. The minimum Gasteiger partial charge on any atom is -0.387 e. The van der Waals surface area contributed by atoms with Crippen molar-refractivity contribution in [3.63, 3.8) is 0 Å². The molecular formula is C18H36N2O10. The van der Waals surface area contributed by atoms with E-state index in [1.54, 1.807) is 0 Å². The summed E-state index contributed by atoms with van der Waals surface area (Å²) in [6.07, 6.45) is -5.83. The van der Waals surface area contributed by atoms with Gasteiger partial charge in [0.05, 0.1) is 33.0 Å². The first-order valence-corrected chi connectivity index (χ1v) is 10.1. The fourth-order valence-electron chi connectivity index (χ4n) is 2.52. The Labute approximate surface area is 176 Å². The Balaban J connectivity index is 1.91. The van der Waals surface area contributed by atoms with E-state index < -0.39 is 30.7 Å². The average molecular weight is 440 g/mol. The largest absolute Gasteiger partial charge is 0.387 e. The van der Waals surface area contributed by atoms with Gasteiger partial charge in [-0.1, -0.05) is 0 Å². The van der Waals surface area contributed by atoms with Gasteiger partial charge in [-0.2, -0.15) is 0 Å². The normalized spacial score (nSPS) is 26.6. The Morgan fingerprint density at radius 3 is 2.07 bits per heavy atom. The van der Waals surface area contributed by atoms with E-state index in [4.69, 9.17) is 29.4 Å². The van der Waals surface area contributed by atoms with E-state index in [0.717, 1.165) is 6.42 Å². The third-order valence-corrected chi connectivity index (χ3v) is 4.23. The second-order valence-electron chi connectivity index (χ2n) is 6.73. The van der Waals surface area contributed by atoms with Crippen molar-refractivity contribution in [2.75, 3.05) is 65.9 Å². The predicted molar refractivity (Wildman–Crippen MR) is 103 cm³/mol. The molecule has 1 aliphatic heterocycles. The quantitative estimate of drug-likeness (QED) is 0.125. The van der Waals surface area contributed by atoms with Crippen LogP contribution in [-0.2, 0) is 28.5 Å². The maximum atomic E-state index is 11.7. The Morgan fingerprint density at radius 1 is 0.833 bits per heavy atom. The molecule has 1 fully saturated rings. The van der Waals surface area contributed by atoms with Gasteiger partial charge in [-0.05, 0) is 19.4 Å². The van der Waals surface area contributed by atoms with Gasteiger partial charge in [0, 0.05) is 19.8 Å². The molecule has 0 spiro atoms. The summed E-state index contributed by atoms with van der Waals surface area (Å²) < 4.78 is 26.1. The van der Waals surface area contributed by atoms with E-state index >= 15 is 0 Å². The molecule has 0 aliphatic carbocycles. The van der Waals surface area contributed by atoms with Crippen molar-refractivity contribution in [1.29, 1.82) is 0 Å². The first-order valence-electron chi connectivity index (χ1n) is 10.1. The summed E-state index contributed by atoms with van der Waals surface area (Å²) in [6, 6.07) is 0. The molecule has 1 amide bonds.